The zero-order valence-corrected chi connectivity index (χ0v) is 20.4. The molecule has 0 unspecified atom stereocenters. The molecule has 0 atom stereocenters. The lowest BCUT2D eigenvalue weighted by atomic mass is 9.95. The van der Waals surface area contributed by atoms with Gasteiger partial charge in [-0.25, -0.2) is 4.99 Å². The smallest absolute Gasteiger partial charge is 0.257 e. The van der Waals surface area contributed by atoms with Gasteiger partial charge in [0.15, 0.2) is 11.4 Å². The summed E-state index contributed by atoms with van der Waals surface area (Å²) in [6, 6.07) is 8.61. The number of nitrogens with one attached hydrogen (secondary N) is 1. The molecule has 0 radical (unpaired) electrons. The first-order valence-electron chi connectivity index (χ1n) is 11.4. The molecule has 0 bridgehead atoms. The van der Waals surface area contributed by atoms with Crippen LogP contribution in [0.3, 0.4) is 0 Å². The van der Waals surface area contributed by atoms with E-state index in [0.717, 1.165) is 37.0 Å². The minimum atomic E-state index is -0.347. The van der Waals surface area contributed by atoms with E-state index in [1.807, 2.05) is 24.4 Å². The van der Waals surface area contributed by atoms with Gasteiger partial charge < -0.3 is 25.5 Å². The van der Waals surface area contributed by atoms with E-state index in [1.54, 1.807) is 26.2 Å². The molecule has 9 heteroatoms. The van der Waals surface area contributed by atoms with Crippen LogP contribution in [-0.2, 0) is 0 Å². The highest BCUT2D eigenvalue weighted by Gasteiger charge is 2.29. The molecule has 180 valence electrons. The van der Waals surface area contributed by atoms with Crippen LogP contribution in [0.15, 0.2) is 40.7 Å². The molecule has 2 aromatic heterocycles. The number of benzene rings is 1. The predicted octanol–water partition coefficient (Wildman–Crippen LogP) is 5.76. The van der Waals surface area contributed by atoms with Crippen molar-refractivity contribution in [2.75, 3.05) is 19.4 Å². The number of aromatic hydroxyl groups is 3. The summed E-state index contributed by atoms with van der Waals surface area (Å²) in [5, 5.41) is 38.2. The van der Waals surface area contributed by atoms with E-state index in [0.29, 0.717) is 5.71 Å². The number of thiophene rings is 1. The van der Waals surface area contributed by atoms with Crippen molar-refractivity contribution in [1.29, 1.82) is 0 Å². The van der Waals surface area contributed by atoms with Gasteiger partial charge in [-0.15, -0.1) is 11.3 Å². The van der Waals surface area contributed by atoms with Crippen molar-refractivity contribution >= 4 is 40.0 Å². The number of nitrogens with zero attached hydrogens (tertiary/aromatic N) is 3. The van der Waals surface area contributed by atoms with Gasteiger partial charge in [0.2, 0.25) is 11.8 Å². The van der Waals surface area contributed by atoms with Crippen molar-refractivity contribution in [2.45, 2.75) is 45.1 Å². The first-order valence-corrected chi connectivity index (χ1v) is 12.2. The lowest BCUT2D eigenvalue weighted by Gasteiger charge is -2.24. The summed E-state index contributed by atoms with van der Waals surface area (Å²) < 4.78 is 1.54. The molecule has 2 heterocycles. The molecule has 4 rings (SSSR count). The Morgan fingerprint density at radius 2 is 1.82 bits per heavy atom. The maximum Gasteiger partial charge on any atom is 0.257 e. The molecule has 1 saturated carbocycles. The van der Waals surface area contributed by atoms with E-state index in [4.69, 9.17) is 0 Å². The van der Waals surface area contributed by atoms with Gasteiger partial charge >= 0.3 is 0 Å². The lowest BCUT2D eigenvalue weighted by molar-refractivity contribution is 0.0824. The van der Waals surface area contributed by atoms with E-state index in [2.05, 4.69) is 10.3 Å². The molecule has 3 aromatic rings. The van der Waals surface area contributed by atoms with Gasteiger partial charge in [0.1, 0.15) is 5.69 Å². The molecule has 8 nitrogen and oxygen atoms in total. The average Bonchev–Trinajstić information content (AvgIpc) is 3.44. The third kappa shape index (κ3) is 4.48. The van der Waals surface area contributed by atoms with Crippen LogP contribution in [0.25, 0.3) is 0 Å². The molecule has 1 aliphatic rings. The van der Waals surface area contributed by atoms with E-state index in [-0.39, 0.29) is 52.1 Å². The van der Waals surface area contributed by atoms with Gasteiger partial charge in [-0.05, 0) is 43.3 Å². The number of para-hydroxylation sites is 1. The predicted molar refractivity (Wildman–Crippen MR) is 135 cm³/mol. The summed E-state index contributed by atoms with van der Waals surface area (Å²) in [7, 11) is 3.21. The van der Waals surface area contributed by atoms with Gasteiger partial charge in [-0.2, -0.15) is 0 Å². The second-order valence-electron chi connectivity index (χ2n) is 8.73. The van der Waals surface area contributed by atoms with Crippen LogP contribution in [0.2, 0.25) is 0 Å². The number of aliphatic imine (C=N–C) groups is 1. The number of hydrogen-bond acceptors (Lipinski definition) is 7. The summed E-state index contributed by atoms with van der Waals surface area (Å²) >= 11 is 1.53. The topological polar surface area (TPSA) is 110 Å². The van der Waals surface area contributed by atoms with Crippen molar-refractivity contribution in [3.63, 3.8) is 0 Å². The number of anilines is 2. The van der Waals surface area contributed by atoms with Gasteiger partial charge in [0, 0.05) is 25.0 Å². The molecule has 0 saturated heterocycles. The first kappa shape index (κ1) is 23.7. The van der Waals surface area contributed by atoms with Crippen LogP contribution in [-0.4, -0.2) is 50.5 Å². The Labute approximate surface area is 202 Å². The lowest BCUT2D eigenvalue weighted by Crippen LogP contribution is -2.21. The highest BCUT2D eigenvalue weighted by atomic mass is 32.1. The van der Waals surface area contributed by atoms with Gasteiger partial charge in [0.25, 0.3) is 5.91 Å². The van der Waals surface area contributed by atoms with Crippen molar-refractivity contribution in [2.24, 2.45) is 4.99 Å². The fourth-order valence-corrected chi connectivity index (χ4v) is 5.04. The molecule has 1 fully saturated rings. The fraction of sp³-hybridized carbons (Fsp3) is 0.360. The number of phenols is 1. The van der Waals surface area contributed by atoms with Crippen molar-refractivity contribution < 1.29 is 20.1 Å². The monoisotopic (exact) mass is 482 g/mol. The standard InChI is InChI=1S/C25H30N4O4S/c1-15(19-13-8-14-34-19)26-20-21(25(33)29(24(20)32)16-9-5-4-6-10-16)27-18-12-7-11-17(22(18)30)23(31)28(2)3/h7-8,11-14,16,27,30,32-33H,4-6,9-10H2,1-3H3. The SMILES string of the molecule is CC(=Nc1c(Nc2cccc(C(=O)N(C)C)c2O)c(O)n(C2CCCCC2)c1O)c1cccs1. The Balaban J connectivity index is 1.82. The number of rotatable bonds is 6. The summed E-state index contributed by atoms with van der Waals surface area (Å²) in [5.41, 5.74) is 1.43. The van der Waals surface area contributed by atoms with Crippen LogP contribution >= 0.6 is 11.3 Å². The Kier molecular flexibility index (Phi) is 6.83. The van der Waals surface area contributed by atoms with Gasteiger partial charge in [0.05, 0.1) is 17.0 Å². The molecule has 1 amide bonds. The summed E-state index contributed by atoms with van der Waals surface area (Å²) in [5.74, 6) is -0.858. The number of carbonyl (C=O) groups excluding carboxylic acids is 1. The van der Waals surface area contributed by atoms with Crippen LogP contribution < -0.4 is 5.32 Å². The zero-order valence-electron chi connectivity index (χ0n) is 19.6. The average molecular weight is 483 g/mol. The van der Waals surface area contributed by atoms with Crippen LogP contribution in [0.4, 0.5) is 17.1 Å². The van der Waals surface area contributed by atoms with Crippen molar-refractivity contribution in [1.82, 2.24) is 9.47 Å². The highest BCUT2D eigenvalue weighted by molar-refractivity contribution is 7.12. The first-order chi connectivity index (χ1) is 16.3. The summed E-state index contributed by atoms with van der Waals surface area (Å²) in [4.78, 5) is 19.5. The molecule has 0 aliphatic heterocycles. The zero-order chi connectivity index (χ0) is 24.4. The summed E-state index contributed by atoms with van der Waals surface area (Å²) in [6.07, 6.45) is 4.87. The van der Waals surface area contributed by atoms with Crippen molar-refractivity contribution in [3.8, 4) is 17.5 Å². The normalized spacial score (nSPS) is 14.9. The Hall–Kier alpha value is -3.46. The molecular formula is C25H30N4O4S. The Bertz CT molecular complexity index is 1210. The number of aromatic nitrogens is 1. The number of hydrogen-bond donors (Lipinski definition) is 4. The molecule has 1 aromatic carbocycles. The maximum absolute atomic E-state index is 12.5. The highest BCUT2D eigenvalue weighted by Crippen LogP contribution is 2.51. The van der Waals surface area contributed by atoms with Gasteiger partial charge in [-0.3, -0.25) is 9.36 Å². The van der Waals surface area contributed by atoms with E-state index >= 15 is 0 Å². The van der Waals surface area contributed by atoms with E-state index in [1.165, 1.54) is 26.9 Å². The number of carbonyl (C=O) groups is 1. The molecular weight excluding hydrogens is 452 g/mol. The third-order valence-electron chi connectivity index (χ3n) is 6.16. The fourth-order valence-electron chi connectivity index (χ4n) is 4.36. The van der Waals surface area contributed by atoms with Crippen LogP contribution in [0.5, 0.6) is 17.5 Å². The number of phenolic OH excluding ortho intramolecular Hbond substituents is 1. The minimum absolute atomic E-state index is 0.0458. The van der Waals surface area contributed by atoms with E-state index in [9.17, 15) is 20.1 Å². The third-order valence-corrected chi connectivity index (χ3v) is 7.14. The molecule has 1 aliphatic carbocycles. The maximum atomic E-state index is 12.5. The van der Waals surface area contributed by atoms with Gasteiger partial charge in [-0.1, -0.05) is 31.4 Å². The van der Waals surface area contributed by atoms with Crippen molar-refractivity contribution in [3.05, 3.63) is 46.2 Å². The Morgan fingerprint density at radius 1 is 1.09 bits per heavy atom. The molecule has 34 heavy (non-hydrogen) atoms. The van der Waals surface area contributed by atoms with Crippen LogP contribution in [0, 0.1) is 0 Å². The Morgan fingerprint density at radius 3 is 2.47 bits per heavy atom. The molecule has 0 spiro atoms. The summed E-state index contributed by atoms with van der Waals surface area (Å²) in [6.45, 7) is 1.85. The van der Waals surface area contributed by atoms with Crippen LogP contribution in [0.1, 0.15) is 60.3 Å². The quantitative estimate of drug-likeness (QED) is 0.264. The minimum Gasteiger partial charge on any atom is -0.505 e. The second-order valence-corrected chi connectivity index (χ2v) is 9.68. The van der Waals surface area contributed by atoms with E-state index < -0.39 is 0 Å². The molecule has 4 N–H and O–H groups in total. The number of amides is 1. The second kappa shape index (κ2) is 9.80. The largest absolute Gasteiger partial charge is 0.505 e.